The van der Waals surface area contributed by atoms with Gasteiger partial charge in [0.05, 0.1) is 25.1 Å². The zero-order valence-corrected chi connectivity index (χ0v) is 7.43. The van der Waals surface area contributed by atoms with Gasteiger partial charge in [0.15, 0.2) is 0 Å². The molecule has 0 amide bonds. The molecule has 5 nitrogen and oxygen atoms in total. The van der Waals surface area contributed by atoms with Crippen LogP contribution in [0.2, 0.25) is 0 Å². The van der Waals surface area contributed by atoms with E-state index in [0.29, 0.717) is 11.6 Å². The summed E-state index contributed by atoms with van der Waals surface area (Å²) in [6.45, 7) is 4.26. The quantitative estimate of drug-likeness (QED) is 0.659. The molecular weight excluding hydrogens is 170 g/mol. The van der Waals surface area contributed by atoms with E-state index in [1.807, 2.05) is 11.6 Å². The second-order valence-corrected chi connectivity index (χ2v) is 3.29. The molecule has 1 aliphatic heterocycles. The van der Waals surface area contributed by atoms with E-state index in [1.54, 1.807) is 0 Å². The van der Waals surface area contributed by atoms with E-state index < -0.39 is 0 Å². The third-order valence-corrected chi connectivity index (χ3v) is 2.31. The highest BCUT2D eigenvalue weighted by Crippen LogP contribution is 2.19. The van der Waals surface area contributed by atoms with Crippen molar-refractivity contribution in [2.24, 2.45) is 11.1 Å². The van der Waals surface area contributed by atoms with Gasteiger partial charge in [0.25, 0.3) is 0 Å². The molecule has 0 unspecified atom stereocenters. The van der Waals surface area contributed by atoms with Crippen molar-refractivity contribution in [1.29, 1.82) is 0 Å². The summed E-state index contributed by atoms with van der Waals surface area (Å²) in [4.78, 5) is 10.3. The molecule has 0 atom stereocenters. The Bertz CT molecular complexity index is 317. The fourth-order valence-electron chi connectivity index (χ4n) is 1.34. The summed E-state index contributed by atoms with van der Waals surface area (Å²) in [5.74, 6) is 0.540. The lowest BCUT2D eigenvalue weighted by Crippen LogP contribution is -2.32. The highest BCUT2D eigenvalue weighted by Gasteiger charge is 2.20. The van der Waals surface area contributed by atoms with Crippen LogP contribution in [0.1, 0.15) is 5.69 Å². The van der Waals surface area contributed by atoms with Crippen LogP contribution in [-0.4, -0.2) is 23.0 Å². The molecule has 1 aromatic rings. The number of hydrogen-bond acceptors (Lipinski definition) is 4. The predicted molar refractivity (Wildman–Crippen MR) is 46.7 cm³/mol. The van der Waals surface area contributed by atoms with E-state index in [4.69, 9.17) is 4.74 Å². The van der Waals surface area contributed by atoms with Crippen molar-refractivity contribution in [1.82, 2.24) is 9.78 Å². The molecule has 1 saturated heterocycles. The molecule has 0 bridgehead atoms. The van der Waals surface area contributed by atoms with Gasteiger partial charge < -0.3 is 4.74 Å². The first kappa shape index (κ1) is 8.37. The fraction of sp³-hybridized carbons (Fsp3) is 0.625. The molecule has 1 aliphatic rings. The molecule has 1 fully saturated rings. The van der Waals surface area contributed by atoms with Crippen molar-refractivity contribution in [3.63, 3.8) is 0 Å². The van der Waals surface area contributed by atoms with Gasteiger partial charge in [0.1, 0.15) is 5.69 Å². The predicted octanol–water partition coefficient (Wildman–Crippen LogP) is 1.24. The van der Waals surface area contributed by atoms with E-state index in [0.717, 1.165) is 25.5 Å². The van der Waals surface area contributed by atoms with Crippen LogP contribution in [0.15, 0.2) is 11.4 Å². The van der Waals surface area contributed by atoms with Crippen LogP contribution >= 0.6 is 0 Å². The van der Waals surface area contributed by atoms with E-state index in [9.17, 15) is 4.91 Å². The molecule has 5 heteroatoms. The van der Waals surface area contributed by atoms with Gasteiger partial charge in [0, 0.05) is 12.5 Å². The van der Waals surface area contributed by atoms with Crippen LogP contribution in [-0.2, 0) is 11.3 Å². The van der Waals surface area contributed by atoms with Crippen molar-refractivity contribution in [2.75, 3.05) is 13.2 Å². The van der Waals surface area contributed by atoms with Crippen LogP contribution in [0.3, 0.4) is 0 Å². The molecule has 0 aromatic carbocycles. The highest BCUT2D eigenvalue weighted by molar-refractivity contribution is 5.38. The van der Waals surface area contributed by atoms with Crippen LogP contribution in [0.4, 0.5) is 5.69 Å². The number of nitrogens with zero attached hydrogens (tertiary/aromatic N) is 3. The van der Waals surface area contributed by atoms with Gasteiger partial charge in [-0.25, -0.2) is 0 Å². The second-order valence-electron chi connectivity index (χ2n) is 3.29. The summed E-state index contributed by atoms with van der Waals surface area (Å²) >= 11 is 0. The number of ether oxygens (including phenoxy) is 1. The van der Waals surface area contributed by atoms with Gasteiger partial charge >= 0.3 is 0 Å². The average molecular weight is 181 g/mol. The van der Waals surface area contributed by atoms with Gasteiger partial charge in [-0.1, -0.05) is 0 Å². The molecule has 0 radical (unpaired) electrons. The van der Waals surface area contributed by atoms with Gasteiger partial charge in [-0.3, -0.25) is 4.68 Å². The molecule has 2 rings (SSSR count). The maximum atomic E-state index is 10.3. The van der Waals surface area contributed by atoms with Crippen LogP contribution < -0.4 is 0 Å². The van der Waals surface area contributed by atoms with Gasteiger partial charge in [-0.05, 0) is 12.1 Å². The van der Waals surface area contributed by atoms with Crippen LogP contribution in [0.25, 0.3) is 0 Å². The molecule has 1 aromatic heterocycles. The van der Waals surface area contributed by atoms with E-state index >= 15 is 0 Å². The average Bonchev–Trinajstić information content (AvgIpc) is 2.40. The standard InChI is InChI=1S/C8H11N3O2/c1-6-8(10-12)2-9-11(6)3-7-4-13-5-7/h2,7H,3-5H2,1H3. The van der Waals surface area contributed by atoms with Crippen molar-refractivity contribution < 1.29 is 4.74 Å². The SMILES string of the molecule is Cc1c(N=O)cnn1CC1COC1. The normalized spacial score (nSPS) is 17.0. The smallest absolute Gasteiger partial charge is 0.148 e. The minimum Gasteiger partial charge on any atom is -0.381 e. The zero-order valence-electron chi connectivity index (χ0n) is 7.43. The Morgan fingerprint density at radius 1 is 1.77 bits per heavy atom. The largest absolute Gasteiger partial charge is 0.381 e. The number of nitroso groups, excluding NO2 is 1. The maximum Gasteiger partial charge on any atom is 0.148 e. The fourth-order valence-corrected chi connectivity index (χ4v) is 1.34. The van der Waals surface area contributed by atoms with Gasteiger partial charge in [-0.15, -0.1) is 4.91 Å². The second kappa shape index (κ2) is 3.26. The van der Waals surface area contributed by atoms with E-state index in [2.05, 4.69) is 10.3 Å². The number of aromatic nitrogens is 2. The van der Waals surface area contributed by atoms with Gasteiger partial charge in [-0.2, -0.15) is 5.10 Å². The van der Waals surface area contributed by atoms with Crippen molar-refractivity contribution in [2.45, 2.75) is 13.5 Å². The highest BCUT2D eigenvalue weighted by atomic mass is 16.5. The molecule has 0 aliphatic carbocycles. The molecular formula is C8H11N3O2. The number of hydrogen-bond donors (Lipinski definition) is 0. The van der Waals surface area contributed by atoms with Crippen LogP contribution in [0, 0.1) is 17.7 Å². The maximum absolute atomic E-state index is 10.3. The monoisotopic (exact) mass is 181 g/mol. The lowest BCUT2D eigenvalue weighted by Gasteiger charge is -2.26. The zero-order chi connectivity index (χ0) is 9.26. The Labute approximate surface area is 75.7 Å². The third-order valence-electron chi connectivity index (χ3n) is 2.31. The van der Waals surface area contributed by atoms with Crippen LogP contribution in [0.5, 0.6) is 0 Å². The Kier molecular flexibility index (Phi) is 2.10. The first-order chi connectivity index (χ1) is 6.31. The number of rotatable bonds is 3. The Morgan fingerprint density at radius 2 is 2.54 bits per heavy atom. The molecule has 2 heterocycles. The summed E-state index contributed by atoms with van der Waals surface area (Å²) in [7, 11) is 0. The Hall–Kier alpha value is -1.23. The first-order valence-corrected chi connectivity index (χ1v) is 4.24. The van der Waals surface area contributed by atoms with Crippen molar-refractivity contribution in [3.05, 3.63) is 16.8 Å². The Morgan fingerprint density at radius 3 is 3.00 bits per heavy atom. The Balaban J connectivity index is 2.10. The summed E-state index contributed by atoms with van der Waals surface area (Å²) < 4.78 is 6.86. The molecule has 0 saturated carbocycles. The minimum atomic E-state index is 0.431. The van der Waals surface area contributed by atoms with Crippen molar-refractivity contribution >= 4 is 5.69 Å². The topological polar surface area (TPSA) is 56.5 Å². The molecule has 70 valence electrons. The van der Waals surface area contributed by atoms with Gasteiger partial charge in [0.2, 0.25) is 0 Å². The van der Waals surface area contributed by atoms with E-state index in [-0.39, 0.29) is 0 Å². The first-order valence-electron chi connectivity index (χ1n) is 4.24. The lowest BCUT2D eigenvalue weighted by molar-refractivity contribution is -0.0410. The summed E-state index contributed by atoms with van der Waals surface area (Å²) in [6.07, 6.45) is 1.50. The lowest BCUT2D eigenvalue weighted by atomic mass is 10.1. The molecule has 0 N–H and O–H groups in total. The summed E-state index contributed by atoms with van der Waals surface area (Å²) in [6, 6.07) is 0. The summed E-state index contributed by atoms with van der Waals surface area (Å²) in [5, 5.41) is 6.95. The van der Waals surface area contributed by atoms with E-state index in [1.165, 1.54) is 6.20 Å². The summed E-state index contributed by atoms with van der Waals surface area (Å²) in [5.41, 5.74) is 1.27. The minimum absolute atomic E-state index is 0.431. The van der Waals surface area contributed by atoms with Crippen molar-refractivity contribution in [3.8, 4) is 0 Å². The molecule has 0 spiro atoms. The third kappa shape index (κ3) is 1.47. The molecule has 13 heavy (non-hydrogen) atoms.